The molecule has 0 bridgehead atoms. The third-order valence-corrected chi connectivity index (χ3v) is 2.84. The van der Waals surface area contributed by atoms with E-state index in [9.17, 15) is 4.79 Å². The zero-order chi connectivity index (χ0) is 11.3. The van der Waals surface area contributed by atoms with Gasteiger partial charge in [-0.2, -0.15) is 0 Å². The van der Waals surface area contributed by atoms with Crippen molar-refractivity contribution in [3.63, 3.8) is 0 Å². The third-order valence-electron chi connectivity index (χ3n) is 2.84. The maximum Gasteiger partial charge on any atom is 0.226 e. The molecule has 1 N–H and O–H groups in total. The average molecular weight is 251 g/mol. The van der Waals surface area contributed by atoms with E-state index in [2.05, 4.69) is 12.2 Å². The van der Waals surface area contributed by atoms with Crippen LogP contribution in [0.5, 0.6) is 0 Å². The van der Waals surface area contributed by atoms with Gasteiger partial charge in [0.25, 0.3) is 0 Å². The van der Waals surface area contributed by atoms with Crippen molar-refractivity contribution in [2.45, 2.75) is 26.4 Å². The van der Waals surface area contributed by atoms with Crippen LogP contribution in [-0.2, 0) is 9.53 Å². The predicted molar refractivity (Wildman–Crippen MR) is 66.9 cm³/mol. The molecule has 0 aliphatic carbocycles. The Balaban J connectivity index is 0.00000225. The molecule has 0 aromatic rings. The highest BCUT2D eigenvalue weighted by Crippen LogP contribution is 2.11. The van der Waals surface area contributed by atoms with E-state index < -0.39 is 0 Å². The number of nitrogens with one attached hydrogen (secondary N) is 1. The van der Waals surface area contributed by atoms with E-state index in [1.807, 2.05) is 18.9 Å². The van der Waals surface area contributed by atoms with Gasteiger partial charge in [-0.15, -0.1) is 12.4 Å². The molecule has 0 spiro atoms. The summed E-state index contributed by atoms with van der Waals surface area (Å²) in [4.78, 5) is 13.9. The lowest BCUT2D eigenvalue weighted by Crippen LogP contribution is -2.48. The van der Waals surface area contributed by atoms with Crippen LogP contribution >= 0.6 is 12.4 Å². The van der Waals surface area contributed by atoms with Gasteiger partial charge in [-0.05, 0) is 13.5 Å². The number of amides is 1. The molecule has 1 heterocycles. The van der Waals surface area contributed by atoms with E-state index in [1.165, 1.54) is 0 Å². The highest BCUT2D eigenvalue weighted by molar-refractivity contribution is 5.85. The van der Waals surface area contributed by atoms with Crippen molar-refractivity contribution in [3.8, 4) is 0 Å². The molecule has 0 aromatic carbocycles. The van der Waals surface area contributed by atoms with Gasteiger partial charge in [-0.1, -0.05) is 13.8 Å². The fourth-order valence-corrected chi connectivity index (χ4v) is 1.87. The first kappa shape index (κ1) is 15.7. The maximum atomic E-state index is 12.0. The second kappa shape index (κ2) is 7.87. The Hall–Kier alpha value is -0.320. The second-order valence-corrected chi connectivity index (χ2v) is 4.14. The van der Waals surface area contributed by atoms with Crippen molar-refractivity contribution in [1.82, 2.24) is 10.2 Å². The number of morpholine rings is 1. The van der Waals surface area contributed by atoms with Gasteiger partial charge in [0, 0.05) is 25.6 Å². The topological polar surface area (TPSA) is 41.6 Å². The van der Waals surface area contributed by atoms with Crippen LogP contribution in [0, 0.1) is 5.92 Å². The summed E-state index contributed by atoms with van der Waals surface area (Å²) in [6, 6.07) is 0. The van der Waals surface area contributed by atoms with Gasteiger partial charge >= 0.3 is 0 Å². The van der Waals surface area contributed by atoms with Crippen LogP contribution in [0.25, 0.3) is 0 Å². The first-order chi connectivity index (χ1) is 7.19. The highest BCUT2D eigenvalue weighted by Gasteiger charge is 2.25. The quantitative estimate of drug-likeness (QED) is 0.806. The van der Waals surface area contributed by atoms with Crippen molar-refractivity contribution >= 4 is 18.3 Å². The number of halogens is 1. The second-order valence-electron chi connectivity index (χ2n) is 4.14. The normalized spacial score (nSPS) is 22.4. The molecule has 2 unspecified atom stereocenters. The first-order valence-electron chi connectivity index (χ1n) is 5.74. The van der Waals surface area contributed by atoms with Gasteiger partial charge in [-0.25, -0.2) is 0 Å². The van der Waals surface area contributed by atoms with E-state index >= 15 is 0 Å². The molecule has 16 heavy (non-hydrogen) atoms. The molecule has 0 radical (unpaired) electrons. The molecule has 1 amide bonds. The predicted octanol–water partition coefficient (Wildman–Crippen LogP) is 0.901. The summed E-state index contributed by atoms with van der Waals surface area (Å²) in [5.41, 5.74) is 0. The van der Waals surface area contributed by atoms with Crippen LogP contribution in [0.4, 0.5) is 0 Å². The largest absolute Gasteiger partial charge is 0.375 e. The number of carbonyl (C=O) groups excluding carboxylic acids is 1. The fraction of sp³-hybridized carbons (Fsp3) is 0.909. The lowest BCUT2D eigenvalue weighted by atomic mass is 10.1. The first-order valence-corrected chi connectivity index (χ1v) is 5.74. The summed E-state index contributed by atoms with van der Waals surface area (Å²) in [6.07, 6.45) is 1.20. The van der Waals surface area contributed by atoms with Crippen LogP contribution < -0.4 is 5.32 Å². The van der Waals surface area contributed by atoms with Gasteiger partial charge in [0.1, 0.15) is 0 Å². The van der Waals surface area contributed by atoms with Crippen LogP contribution in [0.3, 0.4) is 0 Å². The van der Waals surface area contributed by atoms with E-state index in [0.717, 1.165) is 26.1 Å². The average Bonchev–Trinajstić information content (AvgIpc) is 2.28. The summed E-state index contributed by atoms with van der Waals surface area (Å²) in [6.45, 7) is 6.97. The third kappa shape index (κ3) is 4.28. The molecular formula is C11H23ClN2O2. The monoisotopic (exact) mass is 250 g/mol. The number of carbonyl (C=O) groups is 1. The molecule has 1 aliphatic heterocycles. The lowest BCUT2D eigenvalue weighted by molar-refractivity contribution is -0.142. The molecule has 2 atom stereocenters. The summed E-state index contributed by atoms with van der Waals surface area (Å²) in [5, 5.41) is 3.03. The van der Waals surface area contributed by atoms with Crippen molar-refractivity contribution in [2.75, 3.05) is 33.3 Å². The Morgan fingerprint density at radius 2 is 2.31 bits per heavy atom. The summed E-state index contributed by atoms with van der Waals surface area (Å²) < 4.78 is 5.54. The van der Waals surface area contributed by atoms with E-state index in [-0.39, 0.29) is 30.3 Å². The van der Waals surface area contributed by atoms with Crippen molar-refractivity contribution < 1.29 is 9.53 Å². The van der Waals surface area contributed by atoms with Crippen LogP contribution in [0.1, 0.15) is 20.3 Å². The number of rotatable bonds is 4. The molecule has 96 valence electrons. The minimum absolute atomic E-state index is 0. The Morgan fingerprint density at radius 3 is 2.88 bits per heavy atom. The zero-order valence-electron chi connectivity index (χ0n) is 10.4. The minimum Gasteiger partial charge on any atom is -0.375 e. The molecule has 0 aromatic heterocycles. The standard InChI is InChI=1S/C11H22N2O2.ClH/c1-4-10-8-13(5-6-15-10)11(14)9(2)7-12-3;/h9-10,12H,4-8H2,1-3H3;1H. The number of ether oxygens (including phenoxy) is 1. The fourth-order valence-electron chi connectivity index (χ4n) is 1.87. The van der Waals surface area contributed by atoms with E-state index in [1.54, 1.807) is 0 Å². The molecule has 4 nitrogen and oxygen atoms in total. The Morgan fingerprint density at radius 1 is 1.62 bits per heavy atom. The van der Waals surface area contributed by atoms with Gasteiger partial charge < -0.3 is 15.0 Å². The van der Waals surface area contributed by atoms with Gasteiger partial charge in [0.2, 0.25) is 5.91 Å². The SMILES string of the molecule is CCC1CN(C(=O)C(C)CNC)CCO1.Cl. The molecule has 5 heteroatoms. The molecule has 0 saturated carbocycles. The van der Waals surface area contributed by atoms with Gasteiger partial charge in [0.05, 0.1) is 12.7 Å². The maximum absolute atomic E-state index is 12.0. The van der Waals surface area contributed by atoms with Crippen molar-refractivity contribution in [3.05, 3.63) is 0 Å². The van der Waals surface area contributed by atoms with E-state index in [4.69, 9.17) is 4.74 Å². The highest BCUT2D eigenvalue weighted by atomic mass is 35.5. The molecule has 1 fully saturated rings. The summed E-state index contributed by atoms with van der Waals surface area (Å²) >= 11 is 0. The molecular weight excluding hydrogens is 228 g/mol. The lowest BCUT2D eigenvalue weighted by Gasteiger charge is -2.34. The van der Waals surface area contributed by atoms with Gasteiger partial charge in [0.15, 0.2) is 0 Å². The van der Waals surface area contributed by atoms with Crippen LogP contribution in [-0.4, -0.2) is 50.2 Å². The zero-order valence-corrected chi connectivity index (χ0v) is 11.2. The molecule has 1 aliphatic rings. The smallest absolute Gasteiger partial charge is 0.226 e. The van der Waals surface area contributed by atoms with E-state index in [0.29, 0.717) is 6.61 Å². The van der Waals surface area contributed by atoms with Crippen LogP contribution in [0.2, 0.25) is 0 Å². The number of nitrogens with zero attached hydrogens (tertiary/aromatic N) is 1. The summed E-state index contributed by atoms with van der Waals surface area (Å²) in [5.74, 6) is 0.303. The number of hydrogen-bond donors (Lipinski definition) is 1. The Labute approximate surface area is 104 Å². The molecule has 1 saturated heterocycles. The van der Waals surface area contributed by atoms with Crippen molar-refractivity contribution in [2.24, 2.45) is 5.92 Å². The van der Waals surface area contributed by atoms with Crippen molar-refractivity contribution in [1.29, 1.82) is 0 Å². The Bertz CT molecular complexity index is 214. The Kier molecular flexibility index (Phi) is 7.72. The summed E-state index contributed by atoms with van der Waals surface area (Å²) in [7, 11) is 1.87. The number of hydrogen-bond acceptors (Lipinski definition) is 3. The molecule has 1 rings (SSSR count). The van der Waals surface area contributed by atoms with Crippen LogP contribution in [0.15, 0.2) is 0 Å². The minimum atomic E-state index is 0. The van der Waals surface area contributed by atoms with Gasteiger partial charge in [-0.3, -0.25) is 4.79 Å².